The second-order valence-corrected chi connectivity index (χ2v) is 6.76. The average molecular weight is 297 g/mol. The van der Waals surface area contributed by atoms with Crippen LogP contribution < -0.4 is 10.6 Å². The highest BCUT2D eigenvalue weighted by molar-refractivity contribution is 7.13. The first-order valence-corrected chi connectivity index (χ1v) is 7.65. The summed E-state index contributed by atoms with van der Waals surface area (Å²) in [6.07, 6.45) is 1.14. The molecule has 1 atom stereocenters. The molecule has 0 fully saturated rings. The minimum absolute atomic E-state index is 0.0432. The molecule has 20 heavy (non-hydrogen) atoms. The van der Waals surface area contributed by atoms with Gasteiger partial charge in [-0.3, -0.25) is 9.59 Å². The normalized spacial score (nSPS) is 12.8. The lowest BCUT2D eigenvalue weighted by Crippen LogP contribution is -2.33. The first-order valence-electron chi connectivity index (χ1n) is 6.77. The Hall–Kier alpha value is -1.43. The van der Waals surface area contributed by atoms with Gasteiger partial charge in [0.1, 0.15) is 0 Å². The molecular weight excluding hydrogens is 274 g/mol. The number of hydrogen-bond acceptors (Lipinski definition) is 4. The monoisotopic (exact) mass is 297 g/mol. The van der Waals surface area contributed by atoms with E-state index in [4.69, 9.17) is 0 Å². The highest BCUT2D eigenvalue weighted by Gasteiger charge is 2.22. The van der Waals surface area contributed by atoms with Crippen molar-refractivity contribution in [3.05, 3.63) is 11.1 Å². The maximum absolute atomic E-state index is 11.8. The molecule has 2 amide bonds. The molecular formula is C14H23N3O2S. The predicted octanol–water partition coefficient (Wildman–Crippen LogP) is 2.58. The molecule has 5 nitrogen and oxygen atoms in total. The molecule has 6 heteroatoms. The molecule has 1 aromatic heterocycles. The zero-order valence-corrected chi connectivity index (χ0v) is 13.6. The summed E-state index contributed by atoms with van der Waals surface area (Å²) in [7, 11) is 0. The first kappa shape index (κ1) is 16.6. The van der Waals surface area contributed by atoms with E-state index in [1.807, 2.05) is 34.6 Å². The third-order valence-corrected chi connectivity index (χ3v) is 3.62. The minimum atomic E-state index is -0.459. The van der Waals surface area contributed by atoms with Crippen LogP contribution in [-0.4, -0.2) is 22.8 Å². The zero-order valence-electron chi connectivity index (χ0n) is 12.7. The number of hydrogen-bond donors (Lipinski definition) is 2. The summed E-state index contributed by atoms with van der Waals surface area (Å²) in [6, 6.07) is 0.168. The van der Waals surface area contributed by atoms with Gasteiger partial charge >= 0.3 is 0 Å². The third kappa shape index (κ3) is 5.28. The van der Waals surface area contributed by atoms with E-state index < -0.39 is 5.41 Å². The molecule has 0 radical (unpaired) electrons. The standard InChI is InChI=1S/C14H23N3O2S/c1-6-9(2)15-11(18)7-10-8-20-13(16-10)17-12(19)14(3,4)5/h8-9H,6-7H2,1-5H3,(H,15,18)(H,16,17,19). The van der Waals surface area contributed by atoms with Crippen LogP contribution in [0.15, 0.2) is 5.38 Å². The van der Waals surface area contributed by atoms with Crippen molar-refractivity contribution in [2.24, 2.45) is 5.41 Å². The molecule has 0 aliphatic rings. The van der Waals surface area contributed by atoms with Crippen LogP contribution in [0.2, 0.25) is 0 Å². The molecule has 0 spiro atoms. The summed E-state index contributed by atoms with van der Waals surface area (Å²) in [5.41, 5.74) is 0.222. The molecule has 2 N–H and O–H groups in total. The molecule has 0 aliphatic heterocycles. The largest absolute Gasteiger partial charge is 0.353 e. The van der Waals surface area contributed by atoms with Gasteiger partial charge in [0, 0.05) is 16.8 Å². The number of carbonyl (C=O) groups excluding carboxylic acids is 2. The summed E-state index contributed by atoms with van der Waals surface area (Å²) in [5, 5.41) is 7.99. The summed E-state index contributed by atoms with van der Waals surface area (Å²) in [6.45, 7) is 9.52. The predicted molar refractivity (Wildman–Crippen MR) is 81.8 cm³/mol. The number of thiazole rings is 1. The molecule has 0 saturated carbocycles. The van der Waals surface area contributed by atoms with Crippen molar-refractivity contribution in [2.45, 2.75) is 53.5 Å². The second kappa shape index (κ2) is 6.83. The quantitative estimate of drug-likeness (QED) is 0.877. The molecule has 0 aromatic carbocycles. The van der Waals surface area contributed by atoms with Crippen molar-refractivity contribution >= 4 is 28.3 Å². The number of carbonyl (C=O) groups is 2. The Bertz CT molecular complexity index is 477. The Morgan fingerprint density at radius 3 is 2.60 bits per heavy atom. The minimum Gasteiger partial charge on any atom is -0.353 e. The Kier molecular flexibility index (Phi) is 5.68. The van der Waals surface area contributed by atoms with Gasteiger partial charge in [-0.15, -0.1) is 11.3 Å². The van der Waals surface area contributed by atoms with Crippen LogP contribution in [0, 0.1) is 5.41 Å². The Balaban J connectivity index is 2.56. The van der Waals surface area contributed by atoms with Crippen LogP contribution in [0.4, 0.5) is 5.13 Å². The summed E-state index contributed by atoms with van der Waals surface area (Å²) >= 11 is 1.34. The van der Waals surface area contributed by atoms with Gasteiger partial charge < -0.3 is 10.6 Å². The van der Waals surface area contributed by atoms with Crippen LogP contribution in [0.3, 0.4) is 0 Å². The van der Waals surface area contributed by atoms with E-state index in [0.717, 1.165) is 6.42 Å². The van der Waals surface area contributed by atoms with Gasteiger partial charge in [0.05, 0.1) is 12.1 Å². The SMILES string of the molecule is CCC(C)NC(=O)Cc1csc(NC(=O)C(C)(C)C)n1. The summed E-state index contributed by atoms with van der Waals surface area (Å²) < 4.78 is 0. The van der Waals surface area contributed by atoms with Gasteiger partial charge in [0.25, 0.3) is 0 Å². The maximum atomic E-state index is 11.8. The number of nitrogens with one attached hydrogen (secondary N) is 2. The van der Waals surface area contributed by atoms with Gasteiger partial charge in [0.2, 0.25) is 11.8 Å². The third-order valence-electron chi connectivity index (χ3n) is 2.81. The second-order valence-electron chi connectivity index (χ2n) is 5.90. The van der Waals surface area contributed by atoms with Crippen molar-refractivity contribution in [3.8, 4) is 0 Å². The maximum Gasteiger partial charge on any atom is 0.231 e. The van der Waals surface area contributed by atoms with E-state index in [-0.39, 0.29) is 24.3 Å². The molecule has 0 bridgehead atoms. The van der Waals surface area contributed by atoms with E-state index >= 15 is 0 Å². The number of nitrogens with zero attached hydrogens (tertiary/aromatic N) is 1. The van der Waals surface area contributed by atoms with E-state index in [0.29, 0.717) is 10.8 Å². The number of aromatic nitrogens is 1. The summed E-state index contributed by atoms with van der Waals surface area (Å²) in [4.78, 5) is 27.8. The van der Waals surface area contributed by atoms with Crippen molar-refractivity contribution in [3.63, 3.8) is 0 Å². The molecule has 1 heterocycles. The van der Waals surface area contributed by atoms with E-state index in [9.17, 15) is 9.59 Å². The van der Waals surface area contributed by atoms with Gasteiger partial charge in [-0.2, -0.15) is 0 Å². The molecule has 1 unspecified atom stereocenters. The Morgan fingerprint density at radius 1 is 1.40 bits per heavy atom. The summed E-state index contributed by atoms with van der Waals surface area (Å²) in [5.74, 6) is -0.124. The van der Waals surface area contributed by atoms with Crippen molar-refractivity contribution in [1.82, 2.24) is 10.3 Å². The lowest BCUT2D eigenvalue weighted by molar-refractivity contribution is -0.123. The molecule has 0 aliphatic carbocycles. The van der Waals surface area contributed by atoms with Crippen molar-refractivity contribution in [1.29, 1.82) is 0 Å². The van der Waals surface area contributed by atoms with Crippen LogP contribution in [-0.2, 0) is 16.0 Å². The van der Waals surface area contributed by atoms with E-state index in [1.165, 1.54) is 11.3 Å². The smallest absolute Gasteiger partial charge is 0.231 e. The number of rotatable bonds is 5. The van der Waals surface area contributed by atoms with Gasteiger partial charge in [0.15, 0.2) is 5.13 Å². The van der Waals surface area contributed by atoms with Crippen LogP contribution in [0.25, 0.3) is 0 Å². The molecule has 1 aromatic rings. The highest BCUT2D eigenvalue weighted by Crippen LogP contribution is 2.20. The topological polar surface area (TPSA) is 71.1 Å². The average Bonchev–Trinajstić information content (AvgIpc) is 2.74. The Labute approximate surface area is 124 Å². The van der Waals surface area contributed by atoms with Gasteiger partial charge in [-0.1, -0.05) is 27.7 Å². The fourth-order valence-electron chi connectivity index (χ4n) is 1.32. The number of amides is 2. The molecule has 112 valence electrons. The lowest BCUT2D eigenvalue weighted by atomic mass is 9.96. The van der Waals surface area contributed by atoms with Gasteiger partial charge in [-0.25, -0.2) is 4.98 Å². The van der Waals surface area contributed by atoms with Gasteiger partial charge in [-0.05, 0) is 13.3 Å². The molecule has 0 saturated heterocycles. The Morgan fingerprint density at radius 2 is 2.05 bits per heavy atom. The number of anilines is 1. The van der Waals surface area contributed by atoms with Crippen LogP contribution in [0.5, 0.6) is 0 Å². The lowest BCUT2D eigenvalue weighted by Gasteiger charge is -2.15. The molecule has 1 rings (SSSR count). The van der Waals surface area contributed by atoms with Crippen molar-refractivity contribution in [2.75, 3.05) is 5.32 Å². The van der Waals surface area contributed by atoms with Crippen LogP contribution in [0.1, 0.15) is 46.7 Å². The first-order chi connectivity index (χ1) is 9.22. The van der Waals surface area contributed by atoms with E-state index in [2.05, 4.69) is 15.6 Å². The van der Waals surface area contributed by atoms with E-state index in [1.54, 1.807) is 5.38 Å². The van der Waals surface area contributed by atoms with Crippen molar-refractivity contribution < 1.29 is 9.59 Å². The fraction of sp³-hybridized carbons (Fsp3) is 0.643. The fourth-order valence-corrected chi connectivity index (χ4v) is 2.03. The highest BCUT2D eigenvalue weighted by atomic mass is 32.1. The van der Waals surface area contributed by atoms with Crippen LogP contribution >= 0.6 is 11.3 Å². The zero-order chi connectivity index (χ0) is 15.3.